The van der Waals surface area contributed by atoms with Gasteiger partial charge in [-0.15, -0.1) is 0 Å². The van der Waals surface area contributed by atoms with Crippen LogP contribution in [0.1, 0.15) is 25.3 Å². The fourth-order valence-corrected chi connectivity index (χ4v) is 3.72. The van der Waals surface area contributed by atoms with E-state index in [-0.39, 0.29) is 24.0 Å². The standard InChI is InChI=1S/C18H25N3O3/c1-3-13-5-4-6-14(11-13)19-18(23)21-8-7-15-16(21)12-17(22)20(15)9-10-24-2/h4-6,11,15-16H,3,7-10,12H2,1-2H3,(H,19,23)/t15-,16-/m1/s1. The Morgan fingerprint density at radius 2 is 2.21 bits per heavy atom. The van der Waals surface area contributed by atoms with Crippen LogP contribution < -0.4 is 5.32 Å². The Morgan fingerprint density at radius 3 is 2.96 bits per heavy atom. The second-order valence-electron chi connectivity index (χ2n) is 6.38. The molecule has 130 valence electrons. The number of ether oxygens (including phenoxy) is 1. The number of urea groups is 1. The first-order chi connectivity index (χ1) is 11.6. The van der Waals surface area contributed by atoms with E-state index < -0.39 is 0 Å². The number of likely N-dealkylation sites (tertiary alicyclic amines) is 2. The van der Waals surface area contributed by atoms with Gasteiger partial charge < -0.3 is 19.9 Å². The van der Waals surface area contributed by atoms with Gasteiger partial charge in [0.2, 0.25) is 5.91 Å². The van der Waals surface area contributed by atoms with E-state index in [4.69, 9.17) is 4.74 Å². The van der Waals surface area contributed by atoms with Gasteiger partial charge in [-0.2, -0.15) is 0 Å². The molecular formula is C18H25N3O3. The zero-order valence-electron chi connectivity index (χ0n) is 14.3. The zero-order chi connectivity index (χ0) is 17.1. The Hall–Kier alpha value is -2.08. The predicted molar refractivity (Wildman–Crippen MR) is 91.9 cm³/mol. The molecule has 1 N–H and O–H groups in total. The van der Waals surface area contributed by atoms with Crippen molar-refractivity contribution in [1.82, 2.24) is 9.80 Å². The second-order valence-corrected chi connectivity index (χ2v) is 6.38. The summed E-state index contributed by atoms with van der Waals surface area (Å²) in [6.07, 6.45) is 2.18. The summed E-state index contributed by atoms with van der Waals surface area (Å²) < 4.78 is 5.09. The number of nitrogens with zero attached hydrogens (tertiary/aromatic N) is 2. The van der Waals surface area contributed by atoms with Gasteiger partial charge in [0.25, 0.3) is 0 Å². The Bertz CT molecular complexity index is 619. The molecular weight excluding hydrogens is 306 g/mol. The van der Waals surface area contributed by atoms with Gasteiger partial charge in [0.15, 0.2) is 0 Å². The van der Waals surface area contributed by atoms with Gasteiger partial charge in [-0.3, -0.25) is 4.79 Å². The molecule has 24 heavy (non-hydrogen) atoms. The molecule has 2 aliphatic heterocycles. The molecule has 0 aliphatic carbocycles. The molecule has 0 radical (unpaired) electrons. The van der Waals surface area contributed by atoms with Crippen LogP contribution in [-0.2, 0) is 16.0 Å². The molecule has 3 rings (SSSR count). The lowest BCUT2D eigenvalue weighted by atomic mass is 10.1. The molecule has 0 bridgehead atoms. The van der Waals surface area contributed by atoms with Gasteiger partial charge >= 0.3 is 6.03 Å². The van der Waals surface area contributed by atoms with Crippen molar-refractivity contribution in [3.63, 3.8) is 0 Å². The van der Waals surface area contributed by atoms with Crippen LogP contribution in [0.15, 0.2) is 24.3 Å². The van der Waals surface area contributed by atoms with E-state index in [1.807, 2.05) is 34.1 Å². The molecule has 0 unspecified atom stereocenters. The predicted octanol–water partition coefficient (Wildman–Crippen LogP) is 2.10. The summed E-state index contributed by atoms with van der Waals surface area (Å²) in [7, 11) is 1.64. The molecule has 2 aliphatic rings. The highest BCUT2D eigenvalue weighted by Crippen LogP contribution is 2.32. The van der Waals surface area contributed by atoms with E-state index in [9.17, 15) is 9.59 Å². The normalized spacial score (nSPS) is 22.8. The van der Waals surface area contributed by atoms with Crippen LogP contribution >= 0.6 is 0 Å². The van der Waals surface area contributed by atoms with E-state index in [0.717, 1.165) is 18.5 Å². The molecule has 0 spiro atoms. The number of anilines is 1. The van der Waals surface area contributed by atoms with Gasteiger partial charge in [-0.25, -0.2) is 4.79 Å². The van der Waals surface area contributed by atoms with E-state index in [1.165, 1.54) is 5.56 Å². The minimum atomic E-state index is -0.114. The van der Waals surface area contributed by atoms with E-state index >= 15 is 0 Å². The fourth-order valence-electron chi connectivity index (χ4n) is 3.72. The van der Waals surface area contributed by atoms with Gasteiger partial charge in [-0.05, 0) is 30.5 Å². The SMILES string of the molecule is CCc1cccc(NC(=O)N2CC[C@@H]3[C@H]2CC(=O)N3CCOC)c1. The van der Waals surface area contributed by atoms with E-state index in [1.54, 1.807) is 7.11 Å². The lowest BCUT2D eigenvalue weighted by molar-refractivity contribution is -0.129. The first-order valence-electron chi connectivity index (χ1n) is 8.59. The highest BCUT2D eigenvalue weighted by Gasteiger charge is 2.48. The van der Waals surface area contributed by atoms with Crippen molar-refractivity contribution < 1.29 is 14.3 Å². The first-order valence-corrected chi connectivity index (χ1v) is 8.59. The average molecular weight is 331 g/mol. The van der Waals surface area contributed by atoms with Crippen molar-refractivity contribution in [1.29, 1.82) is 0 Å². The quantitative estimate of drug-likeness (QED) is 0.899. The third-order valence-electron chi connectivity index (χ3n) is 5.00. The highest BCUT2D eigenvalue weighted by molar-refractivity contribution is 5.91. The van der Waals surface area contributed by atoms with Crippen LogP contribution in [0.25, 0.3) is 0 Å². The van der Waals surface area contributed by atoms with Crippen molar-refractivity contribution in [3.05, 3.63) is 29.8 Å². The van der Waals surface area contributed by atoms with Gasteiger partial charge in [0, 0.05) is 32.3 Å². The summed E-state index contributed by atoms with van der Waals surface area (Å²) in [5.41, 5.74) is 2.00. The van der Waals surface area contributed by atoms with E-state index in [0.29, 0.717) is 26.1 Å². The van der Waals surface area contributed by atoms with Gasteiger partial charge in [0.05, 0.1) is 18.7 Å². The average Bonchev–Trinajstić information content (AvgIpc) is 3.11. The molecule has 2 atom stereocenters. The van der Waals surface area contributed by atoms with Crippen molar-refractivity contribution in [2.24, 2.45) is 0 Å². The Kier molecular flexibility index (Phi) is 5.04. The molecule has 2 heterocycles. The summed E-state index contributed by atoms with van der Waals surface area (Å²) >= 11 is 0. The number of hydrogen-bond acceptors (Lipinski definition) is 3. The van der Waals surface area contributed by atoms with Crippen molar-refractivity contribution in [2.75, 3.05) is 32.1 Å². The minimum Gasteiger partial charge on any atom is -0.383 e. The summed E-state index contributed by atoms with van der Waals surface area (Å²) in [5.74, 6) is 0.118. The number of rotatable bonds is 5. The van der Waals surface area contributed by atoms with Crippen molar-refractivity contribution in [3.8, 4) is 0 Å². The van der Waals surface area contributed by atoms with Crippen LogP contribution in [0.3, 0.4) is 0 Å². The number of fused-ring (bicyclic) bond motifs is 1. The van der Waals surface area contributed by atoms with E-state index in [2.05, 4.69) is 12.2 Å². The molecule has 6 heteroatoms. The molecule has 0 saturated carbocycles. The number of amides is 3. The molecule has 6 nitrogen and oxygen atoms in total. The van der Waals surface area contributed by atoms with Crippen molar-refractivity contribution in [2.45, 2.75) is 38.3 Å². The van der Waals surface area contributed by atoms with Crippen molar-refractivity contribution >= 4 is 17.6 Å². The lowest BCUT2D eigenvalue weighted by Gasteiger charge is -2.25. The number of aryl methyl sites for hydroxylation is 1. The fraction of sp³-hybridized carbons (Fsp3) is 0.556. The number of methoxy groups -OCH3 is 1. The van der Waals surface area contributed by atoms with Crippen LogP contribution in [0.5, 0.6) is 0 Å². The summed E-state index contributed by atoms with van der Waals surface area (Å²) in [4.78, 5) is 28.5. The molecule has 3 amide bonds. The smallest absolute Gasteiger partial charge is 0.322 e. The molecule has 2 fully saturated rings. The number of nitrogens with one attached hydrogen (secondary N) is 1. The Labute approximate surface area is 142 Å². The molecule has 0 aromatic heterocycles. The monoisotopic (exact) mass is 331 g/mol. The highest BCUT2D eigenvalue weighted by atomic mass is 16.5. The maximum Gasteiger partial charge on any atom is 0.322 e. The van der Waals surface area contributed by atoms with Crippen LogP contribution in [0.4, 0.5) is 10.5 Å². The van der Waals surface area contributed by atoms with Crippen LogP contribution in [-0.4, -0.2) is 60.6 Å². The lowest BCUT2D eigenvalue weighted by Crippen LogP contribution is -2.42. The Morgan fingerprint density at radius 1 is 1.38 bits per heavy atom. The summed E-state index contributed by atoms with van der Waals surface area (Å²) in [6, 6.07) is 7.88. The topological polar surface area (TPSA) is 61.9 Å². The number of carbonyl (C=O) groups is 2. The maximum atomic E-state index is 12.6. The third-order valence-corrected chi connectivity index (χ3v) is 5.00. The largest absolute Gasteiger partial charge is 0.383 e. The number of benzene rings is 1. The summed E-state index contributed by atoms with van der Waals surface area (Å²) in [5, 5.41) is 2.98. The molecule has 1 aromatic rings. The minimum absolute atomic E-state index is 0.0243. The molecule has 1 aromatic carbocycles. The van der Waals surface area contributed by atoms with Gasteiger partial charge in [0.1, 0.15) is 0 Å². The third kappa shape index (κ3) is 3.24. The summed E-state index contributed by atoms with van der Waals surface area (Å²) in [6.45, 7) is 3.91. The Balaban J connectivity index is 1.65. The van der Waals surface area contributed by atoms with Gasteiger partial charge in [-0.1, -0.05) is 19.1 Å². The van der Waals surface area contributed by atoms with Crippen LogP contribution in [0.2, 0.25) is 0 Å². The maximum absolute atomic E-state index is 12.6. The second kappa shape index (κ2) is 7.21. The zero-order valence-corrected chi connectivity index (χ0v) is 14.3. The number of hydrogen-bond donors (Lipinski definition) is 1. The number of carbonyl (C=O) groups excluding carboxylic acids is 2. The molecule has 2 saturated heterocycles. The van der Waals surface area contributed by atoms with Crippen LogP contribution in [0, 0.1) is 0 Å². The first kappa shape index (κ1) is 16.8.